The fourth-order valence-corrected chi connectivity index (χ4v) is 2.59. The SMILES string of the molecule is CCC1OC(n2cnc3c2NC=NCC3O)CC1O. The topological polar surface area (TPSA) is 91.9 Å². The second-order valence-electron chi connectivity index (χ2n) is 4.88. The molecule has 0 aliphatic carbocycles. The monoisotopic (exact) mass is 266 g/mol. The molecule has 1 aromatic heterocycles. The van der Waals surface area contributed by atoms with Gasteiger partial charge >= 0.3 is 0 Å². The Morgan fingerprint density at radius 2 is 2.37 bits per heavy atom. The van der Waals surface area contributed by atoms with Gasteiger partial charge in [0.1, 0.15) is 23.8 Å². The molecular formula is C12H18N4O3. The van der Waals surface area contributed by atoms with Crippen LogP contribution in [0, 0.1) is 0 Å². The quantitative estimate of drug-likeness (QED) is 0.722. The van der Waals surface area contributed by atoms with E-state index >= 15 is 0 Å². The first-order valence-corrected chi connectivity index (χ1v) is 6.53. The highest BCUT2D eigenvalue weighted by Gasteiger charge is 2.35. The molecule has 0 aromatic carbocycles. The largest absolute Gasteiger partial charge is 0.390 e. The summed E-state index contributed by atoms with van der Waals surface area (Å²) >= 11 is 0. The molecular weight excluding hydrogens is 248 g/mol. The Labute approximate surface area is 110 Å². The van der Waals surface area contributed by atoms with Crippen LogP contribution in [-0.4, -0.2) is 44.9 Å². The van der Waals surface area contributed by atoms with Gasteiger partial charge in [-0.15, -0.1) is 0 Å². The number of hydrogen-bond acceptors (Lipinski definition) is 6. The van der Waals surface area contributed by atoms with Crippen molar-refractivity contribution in [3.8, 4) is 0 Å². The molecule has 2 aliphatic rings. The number of imidazole rings is 1. The molecule has 4 atom stereocenters. The van der Waals surface area contributed by atoms with Crippen LogP contribution in [-0.2, 0) is 4.74 Å². The van der Waals surface area contributed by atoms with Crippen molar-refractivity contribution in [3.63, 3.8) is 0 Å². The third-order valence-electron chi connectivity index (χ3n) is 3.63. The first-order chi connectivity index (χ1) is 9.20. The van der Waals surface area contributed by atoms with Crippen LogP contribution in [0.5, 0.6) is 0 Å². The van der Waals surface area contributed by atoms with Gasteiger partial charge in [0.2, 0.25) is 0 Å². The van der Waals surface area contributed by atoms with E-state index in [-0.39, 0.29) is 12.3 Å². The molecule has 2 aliphatic heterocycles. The maximum atomic E-state index is 9.93. The summed E-state index contributed by atoms with van der Waals surface area (Å²) in [5.41, 5.74) is 0.565. The predicted molar refractivity (Wildman–Crippen MR) is 69.0 cm³/mol. The Kier molecular flexibility index (Phi) is 3.26. The zero-order valence-corrected chi connectivity index (χ0v) is 10.7. The zero-order chi connectivity index (χ0) is 13.4. The minimum absolute atomic E-state index is 0.146. The number of ether oxygens (including phenoxy) is 1. The van der Waals surface area contributed by atoms with Crippen molar-refractivity contribution in [2.45, 2.75) is 44.3 Å². The van der Waals surface area contributed by atoms with Crippen molar-refractivity contribution in [1.29, 1.82) is 0 Å². The van der Waals surface area contributed by atoms with E-state index in [0.717, 1.165) is 6.42 Å². The summed E-state index contributed by atoms with van der Waals surface area (Å²) in [5.74, 6) is 0.683. The lowest BCUT2D eigenvalue weighted by molar-refractivity contribution is -0.0189. The van der Waals surface area contributed by atoms with Crippen LogP contribution in [0.2, 0.25) is 0 Å². The number of nitrogens with zero attached hydrogens (tertiary/aromatic N) is 3. The lowest BCUT2D eigenvalue weighted by atomic mass is 10.1. The van der Waals surface area contributed by atoms with Crippen molar-refractivity contribution in [2.24, 2.45) is 4.99 Å². The third kappa shape index (κ3) is 2.13. The molecule has 3 rings (SSSR count). The van der Waals surface area contributed by atoms with Crippen LogP contribution < -0.4 is 5.32 Å². The Morgan fingerprint density at radius 1 is 1.53 bits per heavy atom. The van der Waals surface area contributed by atoms with E-state index in [1.54, 1.807) is 12.7 Å². The Bertz CT molecular complexity index is 487. The average molecular weight is 266 g/mol. The van der Waals surface area contributed by atoms with Crippen LogP contribution in [0.3, 0.4) is 0 Å². The fraction of sp³-hybridized carbons (Fsp3) is 0.667. The molecule has 0 spiro atoms. The molecule has 0 amide bonds. The van der Waals surface area contributed by atoms with Crippen LogP contribution in [0.25, 0.3) is 0 Å². The van der Waals surface area contributed by atoms with E-state index in [1.807, 2.05) is 11.5 Å². The van der Waals surface area contributed by atoms with Gasteiger partial charge in [-0.3, -0.25) is 9.56 Å². The Morgan fingerprint density at radius 3 is 3.11 bits per heavy atom. The normalized spacial score (nSPS) is 33.8. The van der Waals surface area contributed by atoms with E-state index in [4.69, 9.17) is 4.74 Å². The number of fused-ring (bicyclic) bond motifs is 1. The summed E-state index contributed by atoms with van der Waals surface area (Å²) in [6.07, 6.45) is 2.90. The summed E-state index contributed by atoms with van der Waals surface area (Å²) < 4.78 is 7.63. The summed E-state index contributed by atoms with van der Waals surface area (Å²) in [4.78, 5) is 8.25. The van der Waals surface area contributed by atoms with Crippen molar-refractivity contribution in [3.05, 3.63) is 12.0 Å². The van der Waals surface area contributed by atoms with Gasteiger partial charge in [-0.05, 0) is 6.42 Å². The number of aliphatic hydroxyl groups is 2. The van der Waals surface area contributed by atoms with E-state index in [0.29, 0.717) is 24.5 Å². The third-order valence-corrected chi connectivity index (χ3v) is 3.63. The first kappa shape index (κ1) is 12.6. The summed E-state index contributed by atoms with van der Waals surface area (Å²) in [6, 6.07) is 0. The lowest BCUT2D eigenvalue weighted by Crippen LogP contribution is -2.19. The van der Waals surface area contributed by atoms with Crippen LogP contribution in [0.4, 0.5) is 5.82 Å². The highest BCUT2D eigenvalue weighted by atomic mass is 16.5. The summed E-state index contributed by atoms with van der Waals surface area (Å²) in [5, 5.41) is 22.9. The number of aromatic nitrogens is 2. The number of anilines is 1. The molecule has 3 N–H and O–H groups in total. The molecule has 104 valence electrons. The van der Waals surface area contributed by atoms with Crippen molar-refractivity contribution < 1.29 is 14.9 Å². The molecule has 0 bridgehead atoms. The molecule has 4 unspecified atom stereocenters. The highest BCUT2D eigenvalue weighted by Crippen LogP contribution is 2.35. The van der Waals surface area contributed by atoms with Crippen molar-refractivity contribution in [2.75, 3.05) is 11.9 Å². The second-order valence-corrected chi connectivity index (χ2v) is 4.88. The number of aliphatic hydroxyl groups excluding tert-OH is 2. The Balaban J connectivity index is 1.89. The lowest BCUT2D eigenvalue weighted by Gasteiger charge is -2.16. The second kappa shape index (κ2) is 4.92. The fourth-order valence-electron chi connectivity index (χ4n) is 2.59. The molecule has 19 heavy (non-hydrogen) atoms. The zero-order valence-electron chi connectivity index (χ0n) is 10.7. The van der Waals surface area contributed by atoms with Gasteiger partial charge in [-0.2, -0.15) is 0 Å². The van der Waals surface area contributed by atoms with Gasteiger partial charge in [-0.25, -0.2) is 4.98 Å². The molecule has 1 fully saturated rings. The molecule has 0 radical (unpaired) electrons. The number of nitrogens with one attached hydrogen (secondary N) is 1. The number of rotatable bonds is 2. The molecule has 0 saturated carbocycles. The molecule has 7 heteroatoms. The van der Waals surface area contributed by atoms with Gasteiger partial charge in [0, 0.05) is 6.42 Å². The van der Waals surface area contributed by atoms with Gasteiger partial charge in [0.05, 0.1) is 31.4 Å². The van der Waals surface area contributed by atoms with Gasteiger partial charge < -0.3 is 20.3 Å². The number of hydrogen-bond donors (Lipinski definition) is 3. The van der Waals surface area contributed by atoms with Crippen molar-refractivity contribution in [1.82, 2.24) is 9.55 Å². The minimum atomic E-state index is -0.712. The highest BCUT2D eigenvalue weighted by molar-refractivity contribution is 5.76. The maximum Gasteiger partial charge on any atom is 0.139 e. The van der Waals surface area contributed by atoms with Gasteiger partial charge in [-0.1, -0.05) is 6.92 Å². The average Bonchev–Trinajstić information content (AvgIpc) is 2.93. The molecule has 7 nitrogen and oxygen atoms in total. The minimum Gasteiger partial charge on any atom is -0.390 e. The van der Waals surface area contributed by atoms with E-state index in [9.17, 15) is 10.2 Å². The molecule has 1 saturated heterocycles. The predicted octanol–water partition coefficient (Wildman–Crippen LogP) is 0.429. The number of aliphatic imine (C=N–C) groups is 1. The van der Waals surface area contributed by atoms with Crippen molar-refractivity contribution >= 4 is 12.2 Å². The molecule has 1 aromatic rings. The summed E-state index contributed by atoms with van der Waals surface area (Å²) in [6.45, 7) is 2.28. The van der Waals surface area contributed by atoms with Crippen LogP contribution >= 0.6 is 0 Å². The smallest absolute Gasteiger partial charge is 0.139 e. The maximum absolute atomic E-state index is 9.93. The standard InChI is InChI=1S/C12H18N4O3/c1-2-9-7(17)3-10(19-9)16-6-15-11-8(18)4-13-5-14-12(11)16/h5-10,17-18H,2-4H2,1H3,(H,13,14). The Hall–Kier alpha value is -1.44. The van der Waals surface area contributed by atoms with Crippen LogP contribution in [0.15, 0.2) is 11.3 Å². The van der Waals surface area contributed by atoms with E-state index in [1.165, 1.54) is 0 Å². The summed E-state index contributed by atoms with van der Waals surface area (Å²) in [7, 11) is 0. The van der Waals surface area contributed by atoms with Crippen LogP contribution in [0.1, 0.15) is 37.8 Å². The van der Waals surface area contributed by atoms with Gasteiger partial charge in [0.15, 0.2) is 0 Å². The van der Waals surface area contributed by atoms with Gasteiger partial charge in [0.25, 0.3) is 0 Å². The first-order valence-electron chi connectivity index (χ1n) is 6.53. The van der Waals surface area contributed by atoms with E-state index < -0.39 is 12.2 Å². The van der Waals surface area contributed by atoms with E-state index in [2.05, 4.69) is 15.3 Å². The molecule has 3 heterocycles.